The summed E-state index contributed by atoms with van der Waals surface area (Å²) >= 11 is 1.47. The molecule has 9 heteroatoms. The fourth-order valence-corrected chi connectivity index (χ4v) is 2.21. The van der Waals surface area contributed by atoms with Gasteiger partial charge >= 0.3 is 5.97 Å². The molecular formula is C14H18N4O4S. The van der Waals surface area contributed by atoms with Crippen LogP contribution in [0.5, 0.6) is 0 Å². The second kappa shape index (κ2) is 8.91. The van der Waals surface area contributed by atoms with E-state index in [1.165, 1.54) is 23.9 Å². The predicted octanol–water partition coefficient (Wildman–Crippen LogP) is 0.0966. The summed E-state index contributed by atoms with van der Waals surface area (Å²) in [4.78, 5) is 39.4. The number of carboxylic acids is 1. The van der Waals surface area contributed by atoms with E-state index in [0.717, 1.165) is 4.90 Å². The third-order valence-electron chi connectivity index (χ3n) is 2.76. The van der Waals surface area contributed by atoms with Gasteiger partial charge in [0.15, 0.2) is 0 Å². The number of nitrogens with two attached hydrogens (primary N) is 1. The maximum Gasteiger partial charge on any atom is 0.322 e. The fraction of sp³-hybridized carbons (Fsp3) is 0.286. The standard InChI is InChI=1S/C14H18N4O4S/c1-3-8(13(21)16-7-12(19)20)18-14(22)9-4-5-11(23-2)10(6-15)17-9/h3-5H,6-7,15H2,1-2H3,(H,16,21)(H,18,22)(H,19,20)/b8-3-. The van der Waals surface area contributed by atoms with Crippen molar-refractivity contribution in [2.45, 2.75) is 18.4 Å². The number of aliphatic carboxylic acids is 1. The first-order chi connectivity index (χ1) is 10.9. The molecule has 0 aliphatic rings. The lowest BCUT2D eigenvalue weighted by molar-refractivity contribution is -0.137. The van der Waals surface area contributed by atoms with E-state index in [-0.39, 0.29) is 17.9 Å². The molecule has 0 saturated heterocycles. The van der Waals surface area contributed by atoms with E-state index in [2.05, 4.69) is 15.6 Å². The number of hydrogen-bond donors (Lipinski definition) is 4. The van der Waals surface area contributed by atoms with Crippen molar-refractivity contribution >= 4 is 29.5 Å². The number of amides is 2. The number of pyridine rings is 1. The second-order valence-corrected chi connectivity index (χ2v) is 5.13. The normalized spacial score (nSPS) is 11.0. The number of nitrogens with one attached hydrogen (secondary N) is 2. The van der Waals surface area contributed by atoms with E-state index in [1.54, 1.807) is 13.0 Å². The van der Waals surface area contributed by atoms with Gasteiger partial charge in [0, 0.05) is 11.4 Å². The summed E-state index contributed by atoms with van der Waals surface area (Å²) in [5.74, 6) is -2.45. The number of carbonyl (C=O) groups is 3. The molecule has 0 spiro atoms. The summed E-state index contributed by atoms with van der Waals surface area (Å²) in [5.41, 5.74) is 6.25. The molecule has 0 atom stereocenters. The zero-order chi connectivity index (χ0) is 17.4. The molecule has 2 amide bonds. The quantitative estimate of drug-likeness (QED) is 0.409. The summed E-state index contributed by atoms with van der Waals surface area (Å²) in [7, 11) is 0. The molecule has 124 valence electrons. The van der Waals surface area contributed by atoms with Gasteiger partial charge in [-0.3, -0.25) is 14.4 Å². The monoisotopic (exact) mass is 338 g/mol. The van der Waals surface area contributed by atoms with Crippen LogP contribution in [0, 0.1) is 0 Å². The van der Waals surface area contributed by atoms with Gasteiger partial charge in [-0.15, -0.1) is 11.8 Å². The zero-order valence-electron chi connectivity index (χ0n) is 12.8. The molecular weight excluding hydrogens is 320 g/mol. The number of rotatable bonds is 7. The maximum absolute atomic E-state index is 12.2. The van der Waals surface area contributed by atoms with Crippen molar-refractivity contribution in [2.75, 3.05) is 12.8 Å². The average molecular weight is 338 g/mol. The smallest absolute Gasteiger partial charge is 0.322 e. The first-order valence-electron chi connectivity index (χ1n) is 6.64. The van der Waals surface area contributed by atoms with Crippen LogP contribution in [0.15, 0.2) is 28.8 Å². The number of nitrogens with zero attached hydrogens (tertiary/aromatic N) is 1. The maximum atomic E-state index is 12.2. The molecule has 5 N–H and O–H groups in total. The Kier molecular flexibility index (Phi) is 7.23. The Morgan fingerprint density at radius 3 is 2.61 bits per heavy atom. The van der Waals surface area contributed by atoms with Crippen molar-refractivity contribution < 1.29 is 19.5 Å². The van der Waals surface area contributed by atoms with Crippen molar-refractivity contribution in [3.63, 3.8) is 0 Å². The van der Waals surface area contributed by atoms with Crippen LogP contribution in [0.25, 0.3) is 0 Å². The Bertz CT molecular complexity index is 646. The third kappa shape index (κ3) is 5.38. The van der Waals surface area contributed by atoms with Gasteiger partial charge in [-0.1, -0.05) is 6.08 Å². The molecule has 1 rings (SSSR count). The van der Waals surface area contributed by atoms with E-state index in [9.17, 15) is 14.4 Å². The van der Waals surface area contributed by atoms with Crippen LogP contribution in [0.1, 0.15) is 23.1 Å². The Labute approximate surface area is 137 Å². The van der Waals surface area contributed by atoms with Crippen LogP contribution in [0.2, 0.25) is 0 Å². The van der Waals surface area contributed by atoms with Crippen molar-refractivity contribution in [3.05, 3.63) is 35.3 Å². The highest BCUT2D eigenvalue weighted by atomic mass is 32.2. The van der Waals surface area contributed by atoms with Crippen LogP contribution in [0.3, 0.4) is 0 Å². The number of aromatic nitrogens is 1. The van der Waals surface area contributed by atoms with Gasteiger partial charge < -0.3 is 21.5 Å². The molecule has 0 fully saturated rings. The Morgan fingerprint density at radius 2 is 2.09 bits per heavy atom. The minimum Gasteiger partial charge on any atom is -0.480 e. The highest BCUT2D eigenvalue weighted by Crippen LogP contribution is 2.18. The molecule has 8 nitrogen and oxygen atoms in total. The zero-order valence-corrected chi connectivity index (χ0v) is 13.6. The highest BCUT2D eigenvalue weighted by Gasteiger charge is 2.16. The first-order valence-corrected chi connectivity index (χ1v) is 7.87. The molecule has 0 aliphatic carbocycles. The Hall–Kier alpha value is -2.39. The lowest BCUT2D eigenvalue weighted by Crippen LogP contribution is -2.37. The topological polar surface area (TPSA) is 134 Å². The van der Waals surface area contributed by atoms with Crippen LogP contribution >= 0.6 is 11.8 Å². The number of carboxylic acid groups (broad SMARTS) is 1. The Balaban J connectivity index is 2.85. The van der Waals surface area contributed by atoms with E-state index < -0.39 is 24.3 Å². The summed E-state index contributed by atoms with van der Waals surface area (Å²) in [5, 5.41) is 13.1. The minimum absolute atomic E-state index is 0.0544. The van der Waals surface area contributed by atoms with E-state index in [4.69, 9.17) is 10.8 Å². The van der Waals surface area contributed by atoms with Crippen molar-refractivity contribution in [1.82, 2.24) is 15.6 Å². The van der Waals surface area contributed by atoms with E-state index in [0.29, 0.717) is 5.69 Å². The minimum atomic E-state index is -1.18. The van der Waals surface area contributed by atoms with Crippen LogP contribution in [-0.4, -0.2) is 40.7 Å². The van der Waals surface area contributed by atoms with Gasteiger partial charge in [-0.05, 0) is 25.3 Å². The van der Waals surface area contributed by atoms with Crippen molar-refractivity contribution in [1.29, 1.82) is 0 Å². The average Bonchev–Trinajstić information content (AvgIpc) is 2.56. The van der Waals surface area contributed by atoms with Gasteiger partial charge in [0.2, 0.25) is 0 Å². The molecule has 0 unspecified atom stereocenters. The van der Waals surface area contributed by atoms with Gasteiger partial charge in [0.1, 0.15) is 17.9 Å². The largest absolute Gasteiger partial charge is 0.480 e. The molecule has 0 bridgehead atoms. The van der Waals surface area contributed by atoms with Crippen molar-refractivity contribution in [2.24, 2.45) is 5.73 Å². The fourth-order valence-electron chi connectivity index (χ4n) is 1.64. The molecule has 23 heavy (non-hydrogen) atoms. The van der Waals surface area contributed by atoms with Gasteiger partial charge in [-0.2, -0.15) is 0 Å². The highest BCUT2D eigenvalue weighted by molar-refractivity contribution is 7.98. The molecule has 1 heterocycles. The van der Waals surface area contributed by atoms with Crippen LogP contribution in [-0.2, 0) is 16.1 Å². The molecule has 1 aromatic heterocycles. The van der Waals surface area contributed by atoms with Gasteiger partial charge in [-0.25, -0.2) is 4.98 Å². The molecule has 0 aromatic carbocycles. The van der Waals surface area contributed by atoms with Crippen LogP contribution < -0.4 is 16.4 Å². The van der Waals surface area contributed by atoms with Gasteiger partial charge in [0.25, 0.3) is 11.8 Å². The second-order valence-electron chi connectivity index (χ2n) is 4.28. The number of thioether (sulfide) groups is 1. The predicted molar refractivity (Wildman–Crippen MR) is 85.8 cm³/mol. The van der Waals surface area contributed by atoms with E-state index >= 15 is 0 Å². The molecule has 0 saturated carbocycles. The summed E-state index contributed by atoms with van der Waals surface area (Å²) in [6.07, 6.45) is 3.25. The summed E-state index contributed by atoms with van der Waals surface area (Å²) < 4.78 is 0. The lowest BCUT2D eigenvalue weighted by atomic mass is 10.2. The summed E-state index contributed by atoms with van der Waals surface area (Å²) in [6.45, 7) is 1.20. The first kappa shape index (κ1) is 18.7. The van der Waals surface area contributed by atoms with E-state index in [1.807, 2.05) is 6.26 Å². The van der Waals surface area contributed by atoms with Crippen LogP contribution in [0.4, 0.5) is 0 Å². The third-order valence-corrected chi connectivity index (χ3v) is 3.57. The number of allylic oxidation sites excluding steroid dienone is 1. The SMILES string of the molecule is C/C=C(\NC(=O)c1ccc(SC)c(CN)n1)C(=O)NCC(=O)O. The van der Waals surface area contributed by atoms with Gasteiger partial charge in [0.05, 0.1) is 5.69 Å². The number of carbonyl (C=O) groups excluding carboxylic acids is 2. The molecule has 0 aliphatic heterocycles. The summed E-state index contributed by atoms with van der Waals surface area (Å²) in [6, 6.07) is 3.26. The van der Waals surface area contributed by atoms with Crippen molar-refractivity contribution in [3.8, 4) is 0 Å². The molecule has 0 radical (unpaired) electrons. The lowest BCUT2D eigenvalue weighted by Gasteiger charge is -2.10. The number of hydrogen-bond acceptors (Lipinski definition) is 6. The molecule has 1 aromatic rings. The Morgan fingerprint density at radius 1 is 1.39 bits per heavy atom.